The van der Waals surface area contributed by atoms with Crippen LogP contribution < -0.4 is 9.64 Å². The highest BCUT2D eigenvalue weighted by atomic mass is 16.5. The monoisotopic (exact) mass is 331 g/mol. The van der Waals surface area contributed by atoms with Gasteiger partial charge in [0.1, 0.15) is 5.75 Å². The molecule has 4 nitrogen and oxygen atoms in total. The van der Waals surface area contributed by atoms with Gasteiger partial charge in [0.25, 0.3) is 5.91 Å². The number of nitrogens with zero attached hydrogens (tertiary/aromatic N) is 1. The Labute approximate surface area is 145 Å². The molecule has 24 heavy (non-hydrogen) atoms. The van der Waals surface area contributed by atoms with Crippen molar-refractivity contribution in [3.8, 4) is 5.75 Å². The minimum Gasteiger partial charge on any atom is -0.478 e. The summed E-state index contributed by atoms with van der Waals surface area (Å²) < 4.78 is 5.93. The number of hydrogen-bond donors (Lipinski definition) is 0. The van der Waals surface area contributed by atoms with Gasteiger partial charge in [0.05, 0.1) is 5.69 Å². The second-order valence-electron chi connectivity index (χ2n) is 6.84. The molecular formula is C20H29NO3. The summed E-state index contributed by atoms with van der Waals surface area (Å²) in [5, 5.41) is 0. The van der Waals surface area contributed by atoms with Gasteiger partial charge in [0.15, 0.2) is 11.9 Å². The third-order valence-corrected chi connectivity index (χ3v) is 4.40. The van der Waals surface area contributed by atoms with Crippen molar-refractivity contribution in [3.05, 3.63) is 23.8 Å². The molecule has 0 saturated carbocycles. The molecule has 1 heterocycles. The van der Waals surface area contributed by atoms with E-state index in [1.54, 1.807) is 0 Å². The van der Waals surface area contributed by atoms with Crippen LogP contribution in [0.15, 0.2) is 18.2 Å². The number of carbonyl (C=O) groups is 2. The first-order chi connectivity index (χ1) is 11.5. The lowest BCUT2D eigenvalue weighted by Crippen LogP contribution is -2.48. The van der Waals surface area contributed by atoms with E-state index < -0.39 is 6.10 Å². The molecule has 0 aromatic heterocycles. The summed E-state index contributed by atoms with van der Waals surface area (Å²) in [6, 6.07) is 5.48. The third kappa shape index (κ3) is 3.97. The van der Waals surface area contributed by atoms with Crippen LogP contribution in [-0.2, 0) is 4.79 Å². The van der Waals surface area contributed by atoms with E-state index in [0.29, 0.717) is 24.3 Å². The molecule has 132 valence electrons. The fourth-order valence-electron chi connectivity index (χ4n) is 3.00. The van der Waals surface area contributed by atoms with Crippen molar-refractivity contribution >= 4 is 17.4 Å². The molecule has 1 aliphatic heterocycles. The molecule has 0 bridgehead atoms. The van der Waals surface area contributed by atoms with Crippen molar-refractivity contribution in [2.45, 2.75) is 65.9 Å². The number of Topliss-reactive ketones (excluding diaryl/α,β-unsaturated/α-hetero) is 1. The molecule has 0 saturated heterocycles. The number of ketones is 1. The number of benzene rings is 1. The summed E-state index contributed by atoms with van der Waals surface area (Å²) in [5.41, 5.74) is 1.41. The molecule has 0 fully saturated rings. The average molecular weight is 331 g/mol. The molecule has 0 aliphatic carbocycles. The maximum Gasteiger partial charge on any atom is 0.268 e. The highest BCUT2D eigenvalue weighted by molar-refractivity contribution is 6.03. The second kappa shape index (κ2) is 8.32. The molecule has 1 aromatic carbocycles. The van der Waals surface area contributed by atoms with Crippen molar-refractivity contribution in [1.82, 2.24) is 0 Å². The van der Waals surface area contributed by atoms with E-state index in [9.17, 15) is 9.59 Å². The summed E-state index contributed by atoms with van der Waals surface area (Å²) in [5.74, 6) is 0.944. The summed E-state index contributed by atoms with van der Waals surface area (Å²) in [4.78, 5) is 26.9. The largest absolute Gasteiger partial charge is 0.478 e. The van der Waals surface area contributed by atoms with Gasteiger partial charge >= 0.3 is 0 Å². The molecule has 1 amide bonds. The van der Waals surface area contributed by atoms with Crippen LogP contribution in [0.25, 0.3) is 0 Å². The lowest BCUT2D eigenvalue weighted by atomic mass is 10.0. The van der Waals surface area contributed by atoms with Gasteiger partial charge in [0, 0.05) is 18.5 Å². The minimum atomic E-state index is -0.448. The van der Waals surface area contributed by atoms with Gasteiger partial charge in [-0.3, -0.25) is 9.59 Å². The Hall–Kier alpha value is -1.84. The van der Waals surface area contributed by atoms with E-state index in [1.165, 1.54) is 0 Å². The predicted molar refractivity (Wildman–Crippen MR) is 96.8 cm³/mol. The molecule has 2 rings (SSSR count). The van der Waals surface area contributed by atoms with Crippen LogP contribution in [0.4, 0.5) is 5.69 Å². The van der Waals surface area contributed by atoms with Crippen LogP contribution >= 0.6 is 0 Å². The summed E-state index contributed by atoms with van der Waals surface area (Å²) in [6.07, 6.45) is 4.05. The van der Waals surface area contributed by atoms with Crippen LogP contribution in [0.1, 0.15) is 70.2 Å². The molecular weight excluding hydrogens is 302 g/mol. The van der Waals surface area contributed by atoms with E-state index in [2.05, 4.69) is 6.92 Å². The molecule has 4 heteroatoms. The number of carbonyl (C=O) groups excluding carboxylic acids is 2. The molecule has 0 N–H and O–H groups in total. The maximum atomic E-state index is 12.8. The van der Waals surface area contributed by atoms with Gasteiger partial charge in [-0.05, 0) is 37.0 Å². The SMILES string of the molecule is CCCCCN1C(=O)C(C(C)C)Oc2ccc(C(=O)CCC)cc21. The third-order valence-electron chi connectivity index (χ3n) is 4.40. The highest BCUT2D eigenvalue weighted by Gasteiger charge is 2.36. The van der Waals surface area contributed by atoms with Crippen molar-refractivity contribution in [3.63, 3.8) is 0 Å². The van der Waals surface area contributed by atoms with Gasteiger partial charge in [-0.2, -0.15) is 0 Å². The number of anilines is 1. The Morgan fingerprint density at radius 3 is 2.58 bits per heavy atom. The zero-order chi connectivity index (χ0) is 17.7. The number of rotatable bonds is 8. The summed E-state index contributed by atoms with van der Waals surface area (Å²) in [6.45, 7) is 8.81. The quantitative estimate of drug-likeness (QED) is 0.516. The number of unbranched alkanes of at least 4 members (excludes halogenated alkanes) is 2. The first-order valence-electron chi connectivity index (χ1n) is 9.14. The zero-order valence-corrected chi connectivity index (χ0v) is 15.3. The Bertz CT molecular complexity index is 595. The van der Waals surface area contributed by atoms with Crippen molar-refractivity contribution in [1.29, 1.82) is 0 Å². The maximum absolute atomic E-state index is 12.8. The number of fused-ring (bicyclic) bond motifs is 1. The highest BCUT2D eigenvalue weighted by Crippen LogP contribution is 2.37. The van der Waals surface area contributed by atoms with E-state index in [0.717, 1.165) is 31.4 Å². The van der Waals surface area contributed by atoms with Gasteiger partial charge in [0.2, 0.25) is 0 Å². The van der Waals surface area contributed by atoms with Gasteiger partial charge in [-0.1, -0.05) is 40.5 Å². The van der Waals surface area contributed by atoms with Crippen molar-refractivity contribution in [2.75, 3.05) is 11.4 Å². The molecule has 0 spiro atoms. The standard InChI is InChI=1S/C20H29NO3/c1-5-7-8-12-21-16-13-15(17(22)9-6-2)10-11-18(16)24-19(14(3)4)20(21)23/h10-11,13-14,19H,5-9,12H2,1-4H3. The number of amides is 1. The summed E-state index contributed by atoms with van der Waals surface area (Å²) in [7, 11) is 0. The normalized spacial score (nSPS) is 17.0. The Morgan fingerprint density at radius 1 is 1.21 bits per heavy atom. The minimum absolute atomic E-state index is 0.00805. The first-order valence-corrected chi connectivity index (χ1v) is 9.14. The van der Waals surface area contributed by atoms with Crippen LogP contribution in [0.3, 0.4) is 0 Å². The van der Waals surface area contributed by atoms with Crippen molar-refractivity contribution < 1.29 is 14.3 Å². The predicted octanol–water partition coefficient (Wildman–Crippen LogP) is 4.61. The van der Waals surface area contributed by atoms with E-state index in [1.807, 2.05) is 43.9 Å². The average Bonchev–Trinajstić information content (AvgIpc) is 2.56. The Morgan fingerprint density at radius 2 is 1.96 bits per heavy atom. The Balaban J connectivity index is 2.35. The van der Waals surface area contributed by atoms with Crippen LogP contribution in [0.2, 0.25) is 0 Å². The molecule has 1 atom stereocenters. The smallest absolute Gasteiger partial charge is 0.268 e. The fraction of sp³-hybridized carbons (Fsp3) is 0.600. The van der Waals surface area contributed by atoms with Crippen LogP contribution in [0, 0.1) is 5.92 Å². The lowest BCUT2D eigenvalue weighted by Gasteiger charge is -2.36. The second-order valence-corrected chi connectivity index (χ2v) is 6.84. The lowest BCUT2D eigenvalue weighted by molar-refractivity contribution is -0.128. The molecule has 1 aromatic rings. The fourth-order valence-corrected chi connectivity index (χ4v) is 3.00. The number of ether oxygens (including phenoxy) is 1. The molecule has 1 unspecified atom stereocenters. The van der Waals surface area contributed by atoms with E-state index >= 15 is 0 Å². The number of hydrogen-bond acceptors (Lipinski definition) is 3. The summed E-state index contributed by atoms with van der Waals surface area (Å²) >= 11 is 0. The van der Waals surface area contributed by atoms with Crippen LogP contribution in [0.5, 0.6) is 5.75 Å². The van der Waals surface area contributed by atoms with Gasteiger partial charge in [-0.15, -0.1) is 0 Å². The molecule has 1 aliphatic rings. The Kier molecular flexibility index (Phi) is 6.41. The first kappa shape index (κ1) is 18.5. The van der Waals surface area contributed by atoms with E-state index in [-0.39, 0.29) is 17.6 Å². The van der Waals surface area contributed by atoms with E-state index in [4.69, 9.17) is 4.74 Å². The van der Waals surface area contributed by atoms with Crippen LogP contribution in [-0.4, -0.2) is 24.3 Å². The zero-order valence-electron chi connectivity index (χ0n) is 15.3. The molecule has 0 radical (unpaired) electrons. The van der Waals surface area contributed by atoms with Gasteiger partial charge in [-0.25, -0.2) is 0 Å². The van der Waals surface area contributed by atoms with Crippen molar-refractivity contribution in [2.24, 2.45) is 5.92 Å². The topological polar surface area (TPSA) is 46.6 Å². The van der Waals surface area contributed by atoms with Gasteiger partial charge < -0.3 is 9.64 Å².